The summed E-state index contributed by atoms with van der Waals surface area (Å²) < 4.78 is 10.6. The number of carbonyl (C=O) groups is 1. The number of hydrogen-bond acceptors (Lipinski definition) is 4. The van der Waals surface area contributed by atoms with E-state index in [4.69, 9.17) is 9.47 Å². The van der Waals surface area contributed by atoms with Crippen molar-refractivity contribution in [1.29, 1.82) is 0 Å². The van der Waals surface area contributed by atoms with Gasteiger partial charge in [-0.1, -0.05) is 36.4 Å². The maximum atomic E-state index is 12.2. The molecule has 1 amide bonds. The minimum absolute atomic E-state index is 0.375. The molecular formula is C26H28N2O3. The van der Waals surface area contributed by atoms with Gasteiger partial charge in [0.25, 0.3) is 0 Å². The number of benzene rings is 2. The summed E-state index contributed by atoms with van der Waals surface area (Å²) in [5, 5.41) is 1.04. The van der Waals surface area contributed by atoms with E-state index in [9.17, 15) is 4.79 Å². The average Bonchev–Trinajstić information content (AvgIpc) is 2.75. The van der Waals surface area contributed by atoms with Crippen LogP contribution < -0.4 is 9.64 Å². The van der Waals surface area contributed by atoms with Crippen LogP contribution in [0.25, 0.3) is 23.1 Å². The quantitative estimate of drug-likeness (QED) is 0.455. The monoisotopic (exact) mass is 416 g/mol. The fraction of sp³-hybridized carbons (Fsp3) is 0.231. The number of rotatable bonds is 5. The van der Waals surface area contributed by atoms with Crippen molar-refractivity contribution in [3.8, 4) is 5.75 Å². The van der Waals surface area contributed by atoms with Gasteiger partial charge in [-0.2, -0.15) is 0 Å². The highest BCUT2D eigenvalue weighted by atomic mass is 16.6. The van der Waals surface area contributed by atoms with Crippen LogP contribution in [0.3, 0.4) is 0 Å². The Labute approximate surface area is 183 Å². The molecule has 0 aliphatic heterocycles. The van der Waals surface area contributed by atoms with Crippen molar-refractivity contribution in [2.45, 2.75) is 26.4 Å². The lowest BCUT2D eigenvalue weighted by molar-refractivity contribution is 0.0589. The maximum absolute atomic E-state index is 12.2. The summed E-state index contributed by atoms with van der Waals surface area (Å²) in [6.45, 7) is 5.56. The van der Waals surface area contributed by atoms with E-state index in [1.54, 1.807) is 14.2 Å². The molecule has 0 atom stereocenters. The first-order chi connectivity index (χ1) is 14.7. The van der Waals surface area contributed by atoms with Gasteiger partial charge < -0.3 is 9.47 Å². The molecule has 31 heavy (non-hydrogen) atoms. The molecule has 0 aliphatic carbocycles. The average molecular weight is 417 g/mol. The lowest BCUT2D eigenvalue weighted by Crippen LogP contribution is -2.34. The largest absolute Gasteiger partial charge is 0.497 e. The first-order valence-corrected chi connectivity index (χ1v) is 10.1. The Morgan fingerprint density at radius 2 is 1.68 bits per heavy atom. The minimum atomic E-state index is -0.521. The Hall–Kier alpha value is -3.60. The van der Waals surface area contributed by atoms with Gasteiger partial charge in [0.15, 0.2) is 0 Å². The second-order valence-corrected chi connectivity index (χ2v) is 8.14. The van der Waals surface area contributed by atoms with Crippen LogP contribution in [0.4, 0.5) is 10.5 Å². The highest BCUT2D eigenvalue weighted by Crippen LogP contribution is 2.20. The normalized spacial score (nSPS) is 11.9. The van der Waals surface area contributed by atoms with Crippen LogP contribution in [0.5, 0.6) is 5.75 Å². The number of allylic oxidation sites excluding steroid dienone is 2. The molecule has 0 fully saturated rings. The van der Waals surface area contributed by atoms with Gasteiger partial charge >= 0.3 is 6.09 Å². The molecule has 160 valence electrons. The topological polar surface area (TPSA) is 51.7 Å². The zero-order valence-electron chi connectivity index (χ0n) is 18.6. The molecule has 0 aliphatic rings. The standard InChI is InChI=1S/C26H28N2O3/c1-26(2,3)31-25(29)28(4)22-14-10-19(11-15-22)8-6-7-9-21-13-12-20-18-23(30-5)16-17-24(20)27-21/h6-18H,1-5H3/b8-6+,9-7+. The summed E-state index contributed by atoms with van der Waals surface area (Å²) >= 11 is 0. The van der Waals surface area contributed by atoms with Crippen molar-refractivity contribution in [2.24, 2.45) is 0 Å². The van der Waals surface area contributed by atoms with Crippen LogP contribution in [0, 0.1) is 0 Å². The number of aromatic nitrogens is 1. The molecule has 0 bridgehead atoms. The van der Waals surface area contributed by atoms with Gasteiger partial charge in [-0.25, -0.2) is 9.78 Å². The van der Waals surface area contributed by atoms with Gasteiger partial charge in [0.2, 0.25) is 0 Å². The number of fused-ring (bicyclic) bond motifs is 1. The van der Waals surface area contributed by atoms with Gasteiger partial charge in [-0.05, 0) is 68.8 Å². The molecule has 1 aromatic heterocycles. The van der Waals surface area contributed by atoms with Crippen molar-refractivity contribution in [3.63, 3.8) is 0 Å². The highest BCUT2D eigenvalue weighted by Gasteiger charge is 2.20. The van der Waals surface area contributed by atoms with Crippen LogP contribution in [0.1, 0.15) is 32.0 Å². The van der Waals surface area contributed by atoms with E-state index in [2.05, 4.69) is 4.98 Å². The lowest BCUT2D eigenvalue weighted by atomic mass is 10.1. The molecule has 0 spiro atoms. The van der Waals surface area contributed by atoms with Crippen molar-refractivity contribution in [3.05, 3.63) is 78.0 Å². The van der Waals surface area contributed by atoms with E-state index in [0.29, 0.717) is 0 Å². The van der Waals surface area contributed by atoms with E-state index >= 15 is 0 Å². The first kappa shape index (κ1) is 22.1. The molecule has 5 nitrogen and oxygen atoms in total. The summed E-state index contributed by atoms with van der Waals surface area (Å²) in [6.07, 6.45) is 7.51. The Kier molecular flexibility index (Phi) is 6.75. The zero-order chi connectivity index (χ0) is 22.4. The van der Waals surface area contributed by atoms with E-state index in [-0.39, 0.29) is 6.09 Å². The van der Waals surface area contributed by atoms with Gasteiger partial charge in [-0.15, -0.1) is 0 Å². The predicted octanol–water partition coefficient (Wildman–Crippen LogP) is 6.34. The number of carbonyl (C=O) groups excluding carboxylic acids is 1. The molecule has 0 radical (unpaired) electrons. The van der Waals surface area contributed by atoms with E-state index < -0.39 is 5.60 Å². The minimum Gasteiger partial charge on any atom is -0.497 e. The first-order valence-electron chi connectivity index (χ1n) is 10.1. The number of pyridine rings is 1. The molecule has 5 heteroatoms. The van der Waals surface area contributed by atoms with E-state index in [1.807, 2.05) is 99.7 Å². The fourth-order valence-corrected chi connectivity index (χ4v) is 2.90. The smallest absolute Gasteiger partial charge is 0.414 e. The zero-order valence-corrected chi connectivity index (χ0v) is 18.6. The highest BCUT2D eigenvalue weighted by molar-refractivity contribution is 5.87. The molecule has 0 N–H and O–H groups in total. The summed E-state index contributed by atoms with van der Waals surface area (Å²) in [6, 6.07) is 17.6. The van der Waals surface area contributed by atoms with Crippen molar-refractivity contribution in [1.82, 2.24) is 4.98 Å². The van der Waals surface area contributed by atoms with Gasteiger partial charge in [-0.3, -0.25) is 4.90 Å². The van der Waals surface area contributed by atoms with Crippen LogP contribution in [-0.4, -0.2) is 30.8 Å². The maximum Gasteiger partial charge on any atom is 0.414 e. The molecule has 0 unspecified atom stereocenters. The van der Waals surface area contributed by atoms with Crippen molar-refractivity contribution >= 4 is 34.8 Å². The number of nitrogens with zero attached hydrogens (tertiary/aromatic N) is 2. The van der Waals surface area contributed by atoms with E-state index in [0.717, 1.165) is 33.6 Å². The Balaban J connectivity index is 1.62. The van der Waals surface area contributed by atoms with Gasteiger partial charge in [0.1, 0.15) is 11.4 Å². The van der Waals surface area contributed by atoms with Gasteiger partial charge in [0.05, 0.1) is 18.3 Å². The second-order valence-electron chi connectivity index (χ2n) is 8.14. The third-order valence-electron chi connectivity index (χ3n) is 4.53. The van der Waals surface area contributed by atoms with Crippen LogP contribution >= 0.6 is 0 Å². The number of amides is 1. The van der Waals surface area contributed by atoms with Crippen LogP contribution in [0.15, 0.2) is 66.7 Å². The number of methoxy groups -OCH3 is 1. The molecular weight excluding hydrogens is 388 g/mol. The predicted molar refractivity (Wildman–Crippen MR) is 127 cm³/mol. The Morgan fingerprint density at radius 1 is 0.968 bits per heavy atom. The van der Waals surface area contributed by atoms with E-state index in [1.165, 1.54) is 4.90 Å². The molecule has 1 heterocycles. The summed E-state index contributed by atoms with van der Waals surface area (Å²) in [4.78, 5) is 18.3. The van der Waals surface area contributed by atoms with Gasteiger partial charge in [0, 0.05) is 18.1 Å². The number of anilines is 1. The molecule has 2 aromatic carbocycles. The van der Waals surface area contributed by atoms with Crippen LogP contribution in [0.2, 0.25) is 0 Å². The Bertz CT molecular complexity index is 1110. The van der Waals surface area contributed by atoms with Crippen molar-refractivity contribution < 1.29 is 14.3 Å². The second kappa shape index (κ2) is 9.47. The van der Waals surface area contributed by atoms with Crippen LogP contribution in [-0.2, 0) is 4.74 Å². The number of hydrogen-bond donors (Lipinski definition) is 0. The number of ether oxygens (including phenoxy) is 2. The summed E-state index contributed by atoms with van der Waals surface area (Å²) in [5.74, 6) is 0.823. The third-order valence-corrected chi connectivity index (χ3v) is 4.53. The molecule has 3 rings (SSSR count). The van der Waals surface area contributed by atoms with Crippen molar-refractivity contribution in [2.75, 3.05) is 19.1 Å². The lowest BCUT2D eigenvalue weighted by Gasteiger charge is -2.24. The summed E-state index contributed by atoms with van der Waals surface area (Å²) in [5.41, 5.74) is 3.10. The molecule has 0 saturated carbocycles. The third kappa shape index (κ3) is 6.19. The fourth-order valence-electron chi connectivity index (χ4n) is 2.90. The molecule has 0 saturated heterocycles. The summed E-state index contributed by atoms with van der Waals surface area (Å²) in [7, 11) is 3.36. The molecule has 3 aromatic rings. The SMILES string of the molecule is COc1ccc2nc(/C=C/C=C/c3ccc(N(C)C(=O)OC(C)(C)C)cc3)ccc2c1. The Morgan fingerprint density at radius 3 is 2.35 bits per heavy atom.